The second-order valence-electron chi connectivity index (χ2n) is 6.39. The Hall–Kier alpha value is -3.41. The van der Waals surface area contributed by atoms with Gasteiger partial charge in [-0.15, -0.1) is 0 Å². The van der Waals surface area contributed by atoms with Crippen LogP contribution < -0.4 is 15.4 Å². The molecule has 0 aliphatic rings. The van der Waals surface area contributed by atoms with Gasteiger partial charge < -0.3 is 15.4 Å². The van der Waals surface area contributed by atoms with Crippen LogP contribution in [0.25, 0.3) is 0 Å². The highest BCUT2D eigenvalue weighted by molar-refractivity contribution is 6.02. The van der Waals surface area contributed by atoms with E-state index in [4.69, 9.17) is 4.74 Å². The Labute approximate surface area is 158 Å². The van der Waals surface area contributed by atoms with Crippen LogP contribution in [0.1, 0.15) is 29.9 Å². The molecule has 0 aliphatic heterocycles. The average Bonchev–Trinajstić information content (AvgIpc) is 2.65. The molecule has 0 saturated carbocycles. The molecule has 0 aliphatic carbocycles. The maximum Gasteiger partial charge on any atom is 0.275 e. The van der Waals surface area contributed by atoms with E-state index in [9.17, 15) is 4.79 Å². The van der Waals surface area contributed by atoms with Crippen LogP contribution in [0.5, 0.6) is 5.75 Å². The second kappa shape index (κ2) is 8.31. The number of nitrogens with zero attached hydrogens (tertiary/aromatic N) is 2. The number of hydrogen-bond donors (Lipinski definition) is 2. The summed E-state index contributed by atoms with van der Waals surface area (Å²) < 4.78 is 5.78. The van der Waals surface area contributed by atoms with Crippen molar-refractivity contribution in [1.82, 2.24) is 9.97 Å². The zero-order chi connectivity index (χ0) is 19.2. The van der Waals surface area contributed by atoms with Crippen LogP contribution in [0.4, 0.5) is 17.2 Å². The molecule has 0 spiro atoms. The van der Waals surface area contributed by atoms with Gasteiger partial charge in [0.15, 0.2) is 0 Å². The lowest BCUT2D eigenvalue weighted by atomic mass is 10.2. The zero-order valence-electron chi connectivity index (χ0n) is 15.6. The minimum Gasteiger partial charge on any atom is -0.489 e. The predicted octanol–water partition coefficient (Wildman–Crippen LogP) is 4.57. The number of ether oxygens (including phenoxy) is 1. The van der Waals surface area contributed by atoms with Crippen molar-refractivity contribution >= 4 is 23.1 Å². The molecule has 2 aromatic carbocycles. The van der Waals surface area contributed by atoms with Crippen LogP contribution in [0.2, 0.25) is 0 Å². The summed E-state index contributed by atoms with van der Waals surface area (Å²) in [4.78, 5) is 20.8. The molecule has 3 aromatic rings. The standard InChI is InChI=1S/C21H22N4O2/c1-14(2)27-19-7-5-4-6-17(19)25-20-13-22-18(12-23-20)21(26)24-16-10-8-15(3)9-11-16/h4-14H,1-3H3,(H,23,25)(H,24,26). The average molecular weight is 362 g/mol. The van der Waals surface area contributed by atoms with Crippen LogP contribution >= 0.6 is 0 Å². The molecule has 6 heteroatoms. The molecule has 6 nitrogen and oxygen atoms in total. The molecule has 1 aromatic heterocycles. The highest BCUT2D eigenvalue weighted by atomic mass is 16.5. The molecular weight excluding hydrogens is 340 g/mol. The van der Waals surface area contributed by atoms with Gasteiger partial charge in [-0.1, -0.05) is 29.8 Å². The summed E-state index contributed by atoms with van der Waals surface area (Å²) in [5.41, 5.74) is 2.88. The molecule has 0 bridgehead atoms. The minimum atomic E-state index is -0.304. The summed E-state index contributed by atoms with van der Waals surface area (Å²) in [6.07, 6.45) is 3.03. The molecule has 0 unspecified atom stereocenters. The second-order valence-corrected chi connectivity index (χ2v) is 6.39. The van der Waals surface area contributed by atoms with Crippen molar-refractivity contribution in [2.45, 2.75) is 26.9 Å². The van der Waals surface area contributed by atoms with Crippen molar-refractivity contribution in [2.75, 3.05) is 10.6 Å². The molecule has 0 radical (unpaired) electrons. The lowest BCUT2D eigenvalue weighted by Gasteiger charge is -2.15. The molecule has 0 atom stereocenters. The number of benzene rings is 2. The summed E-state index contributed by atoms with van der Waals surface area (Å²) in [6, 6.07) is 15.2. The Morgan fingerprint density at radius 2 is 1.74 bits per heavy atom. The minimum absolute atomic E-state index is 0.0619. The van der Waals surface area contributed by atoms with Gasteiger partial charge in [-0.05, 0) is 45.0 Å². The highest BCUT2D eigenvalue weighted by Crippen LogP contribution is 2.27. The molecule has 27 heavy (non-hydrogen) atoms. The van der Waals surface area contributed by atoms with Gasteiger partial charge >= 0.3 is 0 Å². The van der Waals surface area contributed by atoms with E-state index in [2.05, 4.69) is 20.6 Å². The summed E-state index contributed by atoms with van der Waals surface area (Å²) in [6.45, 7) is 5.93. The number of hydrogen-bond acceptors (Lipinski definition) is 5. The number of carbonyl (C=O) groups is 1. The van der Waals surface area contributed by atoms with Gasteiger partial charge in [0.05, 0.1) is 24.2 Å². The summed E-state index contributed by atoms with van der Waals surface area (Å²) >= 11 is 0. The van der Waals surface area contributed by atoms with Crippen molar-refractivity contribution in [3.05, 3.63) is 72.2 Å². The van der Waals surface area contributed by atoms with Gasteiger partial charge in [0.25, 0.3) is 5.91 Å². The first-order valence-corrected chi connectivity index (χ1v) is 8.74. The number of anilines is 3. The molecule has 0 fully saturated rings. The van der Waals surface area contributed by atoms with E-state index >= 15 is 0 Å². The van der Waals surface area contributed by atoms with Crippen LogP contribution in [0, 0.1) is 6.92 Å². The normalized spacial score (nSPS) is 10.5. The third-order valence-electron chi connectivity index (χ3n) is 3.71. The fourth-order valence-electron chi connectivity index (χ4n) is 2.41. The molecule has 1 amide bonds. The largest absolute Gasteiger partial charge is 0.489 e. The van der Waals surface area contributed by atoms with E-state index in [1.165, 1.54) is 12.4 Å². The maximum atomic E-state index is 12.3. The number of nitrogens with one attached hydrogen (secondary N) is 2. The van der Waals surface area contributed by atoms with Crippen molar-refractivity contribution in [3.8, 4) is 5.75 Å². The Morgan fingerprint density at radius 3 is 2.41 bits per heavy atom. The first-order valence-electron chi connectivity index (χ1n) is 8.74. The van der Waals surface area contributed by atoms with Gasteiger partial charge in [-0.2, -0.15) is 0 Å². The Morgan fingerprint density at radius 1 is 1.00 bits per heavy atom. The molecule has 2 N–H and O–H groups in total. The third-order valence-corrected chi connectivity index (χ3v) is 3.71. The highest BCUT2D eigenvalue weighted by Gasteiger charge is 2.10. The molecule has 3 rings (SSSR count). The molecule has 0 saturated heterocycles. The van der Waals surface area contributed by atoms with Gasteiger partial charge in [0, 0.05) is 5.69 Å². The number of aromatic nitrogens is 2. The molecule has 138 valence electrons. The van der Waals surface area contributed by atoms with Crippen molar-refractivity contribution < 1.29 is 9.53 Å². The monoisotopic (exact) mass is 362 g/mol. The predicted molar refractivity (Wildman–Crippen MR) is 107 cm³/mol. The maximum absolute atomic E-state index is 12.3. The Bertz CT molecular complexity index is 906. The zero-order valence-corrected chi connectivity index (χ0v) is 15.6. The summed E-state index contributed by atoms with van der Waals surface area (Å²) in [7, 11) is 0. The van der Waals surface area contributed by atoms with Crippen LogP contribution in [-0.2, 0) is 0 Å². The van der Waals surface area contributed by atoms with E-state index in [0.29, 0.717) is 5.82 Å². The van der Waals surface area contributed by atoms with E-state index in [0.717, 1.165) is 22.7 Å². The number of para-hydroxylation sites is 2. The number of carbonyl (C=O) groups excluding carboxylic acids is 1. The van der Waals surface area contributed by atoms with Crippen molar-refractivity contribution in [3.63, 3.8) is 0 Å². The summed E-state index contributed by atoms with van der Waals surface area (Å²) in [5.74, 6) is 0.957. The third kappa shape index (κ3) is 5.04. The van der Waals surface area contributed by atoms with Crippen molar-refractivity contribution in [2.24, 2.45) is 0 Å². The van der Waals surface area contributed by atoms with E-state index in [1.807, 2.05) is 69.3 Å². The Kier molecular flexibility index (Phi) is 5.66. The van der Waals surface area contributed by atoms with Gasteiger partial charge in [0.1, 0.15) is 17.3 Å². The fourth-order valence-corrected chi connectivity index (χ4v) is 2.41. The smallest absolute Gasteiger partial charge is 0.275 e. The first-order chi connectivity index (χ1) is 13.0. The molecular formula is C21H22N4O2. The first kappa shape index (κ1) is 18.4. The number of rotatable bonds is 6. The molecule has 1 heterocycles. The quantitative estimate of drug-likeness (QED) is 0.672. The lowest BCUT2D eigenvalue weighted by Crippen LogP contribution is -2.14. The van der Waals surface area contributed by atoms with Crippen LogP contribution in [0.3, 0.4) is 0 Å². The lowest BCUT2D eigenvalue weighted by molar-refractivity contribution is 0.102. The van der Waals surface area contributed by atoms with Crippen LogP contribution in [0.15, 0.2) is 60.9 Å². The SMILES string of the molecule is Cc1ccc(NC(=O)c2cnc(Nc3ccccc3OC(C)C)cn2)cc1. The summed E-state index contributed by atoms with van der Waals surface area (Å²) in [5, 5.41) is 5.97. The van der Waals surface area contributed by atoms with E-state index in [1.54, 1.807) is 0 Å². The van der Waals surface area contributed by atoms with Crippen molar-refractivity contribution in [1.29, 1.82) is 0 Å². The van der Waals surface area contributed by atoms with Gasteiger partial charge in [0.2, 0.25) is 0 Å². The number of aryl methyl sites for hydroxylation is 1. The van der Waals surface area contributed by atoms with Gasteiger partial charge in [-0.25, -0.2) is 9.97 Å². The van der Waals surface area contributed by atoms with Gasteiger partial charge in [-0.3, -0.25) is 4.79 Å². The fraction of sp³-hybridized carbons (Fsp3) is 0.190. The van der Waals surface area contributed by atoms with E-state index in [-0.39, 0.29) is 17.7 Å². The number of amides is 1. The van der Waals surface area contributed by atoms with Crippen LogP contribution in [-0.4, -0.2) is 22.0 Å². The topological polar surface area (TPSA) is 76.1 Å². The van der Waals surface area contributed by atoms with E-state index < -0.39 is 0 Å². The Balaban J connectivity index is 1.68.